The Morgan fingerprint density at radius 2 is 1.95 bits per heavy atom. The Kier molecular flexibility index (Phi) is 5.14. The summed E-state index contributed by atoms with van der Waals surface area (Å²) in [6.07, 6.45) is 0. The van der Waals surface area contributed by atoms with Gasteiger partial charge in [0.15, 0.2) is 0 Å². The minimum absolute atomic E-state index is 0.0566. The maximum absolute atomic E-state index is 12.3. The lowest BCUT2D eigenvalue weighted by molar-refractivity contribution is -0.122. The Hall–Kier alpha value is -1.40. The number of nitrogens with zero attached hydrogens (tertiary/aromatic N) is 2. The van der Waals surface area contributed by atoms with Crippen molar-refractivity contribution in [2.45, 2.75) is 13.8 Å². The van der Waals surface area contributed by atoms with Crippen LogP contribution >= 0.6 is 11.3 Å². The van der Waals surface area contributed by atoms with Crippen molar-refractivity contribution in [3.05, 3.63) is 21.9 Å². The zero-order valence-electron chi connectivity index (χ0n) is 12.0. The van der Waals surface area contributed by atoms with Crippen molar-refractivity contribution < 1.29 is 9.59 Å². The Balaban J connectivity index is 1.82. The molecule has 0 saturated carbocycles. The van der Waals surface area contributed by atoms with E-state index in [1.807, 2.05) is 30.9 Å². The van der Waals surface area contributed by atoms with E-state index in [0.717, 1.165) is 22.8 Å². The second-order valence-electron chi connectivity index (χ2n) is 4.93. The lowest BCUT2D eigenvalue weighted by Gasteiger charge is -2.34. The fourth-order valence-electron chi connectivity index (χ4n) is 2.27. The van der Waals surface area contributed by atoms with Gasteiger partial charge < -0.3 is 10.2 Å². The summed E-state index contributed by atoms with van der Waals surface area (Å²) in [5.74, 6) is 0.168. The Morgan fingerprint density at radius 3 is 2.50 bits per heavy atom. The molecule has 2 heterocycles. The molecule has 0 atom stereocenters. The third-order valence-electron chi connectivity index (χ3n) is 3.35. The van der Waals surface area contributed by atoms with Crippen LogP contribution in [0.1, 0.15) is 21.5 Å². The summed E-state index contributed by atoms with van der Waals surface area (Å²) in [6.45, 7) is 7.90. The number of hydrogen-bond acceptors (Lipinski definition) is 4. The van der Waals surface area contributed by atoms with Crippen molar-refractivity contribution in [2.75, 3.05) is 39.3 Å². The molecule has 1 aliphatic heterocycles. The number of rotatable bonds is 4. The van der Waals surface area contributed by atoms with E-state index in [4.69, 9.17) is 0 Å². The van der Waals surface area contributed by atoms with Gasteiger partial charge in [-0.25, -0.2) is 0 Å². The third kappa shape index (κ3) is 3.80. The van der Waals surface area contributed by atoms with Gasteiger partial charge in [0.2, 0.25) is 5.91 Å². The SMILES string of the molecule is CCNC(=O)CN1CCN(C(=O)c2ccc(C)s2)CC1. The molecule has 0 aromatic carbocycles. The Bertz CT molecular complexity index is 479. The summed E-state index contributed by atoms with van der Waals surface area (Å²) in [7, 11) is 0. The van der Waals surface area contributed by atoms with Crippen LogP contribution in [0.3, 0.4) is 0 Å². The number of likely N-dealkylation sites (N-methyl/N-ethyl adjacent to an activating group) is 1. The summed E-state index contributed by atoms with van der Waals surface area (Å²) < 4.78 is 0. The number of thiophene rings is 1. The third-order valence-corrected chi connectivity index (χ3v) is 4.34. The van der Waals surface area contributed by atoms with Crippen LogP contribution in [-0.4, -0.2) is 60.9 Å². The van der Waals surface area contributed by atoms with Crippen molar-refractivity contribution in [2.24, 2.45) is 0 Å². The molecule has 0 aliphatic carbocycles. The largest absolute Gasteiger partial charge is 0.355 e. The first-order valence-corrected chi connectivity index (χ1v) is 7.76. The highest BCUT2D eigenvalue weighted by molar-refractivity contribution is 7.13. The van der Waals surface area contributed by atoms with Crippen LogP contribution in [0, 0.1) is 6.92 Å². The van der Waals surface area contributed by atoms with Gasteiger partial charge in [0.25, 0.3) is 5.91 Å². The zero-order chi connectivity index (χ0) is 14.5. The molecule has 20 heavy (non-hydrogen) atoms. The maximum Gasteiger partial charge on any atom is 0.264 e. The molecule has 2 rings (SSSR count). The van der Waals surface area contributed by atoms with Gasteiger partial charge in [0, 0.05) is 37.6 Å². The molecular weight excluding hydrogens is 274 g/mol. The van der Waals surface area contributed by atoms with Gasteiger partial charge in [-0.1, -0.05) is 0 Å². The molecule has 6 heteroatoms. The number of hydrogen-bond donors (Lipinski definition) is 1. The first-order chi connectivity index (χ1) is 9.60. The monoisotopic (exact) mass is 295 g/mol. The Labute approximate surface area is 123 Å². The maximum atomic E-state index is 12.3. The molecule has 1 aromatic heterocycles. The zero-order valence-corrected chi connectivity index (χ0v) is 12.8. The summed E-state index contributed by atoms with van der Waals surface area (Å²) in [4.78, 5) is 29.7. The molecule has 2 amide bonds. The number of amides is 2. The number of nitrogens with one attached hydrogen (secondary N) is 1. The summed E-state index contributed by atoms with van der Waals surface area (Å²) in [5, 5.41) is 2.80. The highest BCUT2D eigenvalue weighted by Crippen LogP contribution is 2.18. The molecule has 1 saturated heterocycles. The number of carbonyl (C=O) groups is 2. The summed E-state index contributed by atoms with van der Waals surface area (Å²) >= 11 is 1.54. The van der Waals surface area contributed by atoms with Gasteiger partial charge in [-0.2, -0.15) is 0 Å². The fourth-order valence-corrected chi connectivity index (χ4v) is 3.11. The van der Waals surface area contributed by atoms with Crippen LogP contribution in [0.5, 0.6) is 0 Å². The number of carbonyl (C=O) groups excluding carboxylic acids is 2. The molecule has 0 bridgehead atoms. The molecule has 1 aliphatic rings. The smallest absolute Gasteiger partial charge is 0.264 e. The second-order valence-corrected chi connectivity index (χ2v) is 6.22. The van der Waals surface area contributed by atoms with Gasteiger partial charge >= 0.3 is 0 Å². The molecule has 1 fully saturated rings. The van der Waals surface area contributed by atoms with Crippen LogP contribution in [0.25, 0.3) is 0 Å². The average Bonchev–Trinajstić information content (AvgIpc) is 2.86. The normalized spacial score (nSPS) is 16.2. The highest BCUT2D eigenvalue weighted by Gasteiger charge is 2.23. The van der Waals surface area contributed by atoms with Gasteiger partial charge in [0.1, 0.15) is 0 Å². The van der Waals surface area contributed by atoms with E-state index >= 15 is 0 Å². The highest BCUT2D eigenvalue weighted by atomic mass is 32.1. The van der Waals surface area contributed by atoms with Gasteiger partial charge in [-0.15, -0.1) is 11.3 Å². The van der Waals surface area contributed by atoms with E-state index < -0.39 is 0 Å². The lowest BCUT2D eigenvalue weighted by Crippen LogP contribution is -2.51. The molecule has 1 aromatic rings. The van der Waals surface area contributed by atoms with Crippen LogP contribution in [0.15, 0.2) is 12.1 Å². The average molecular weight is 295 g/mol. The van der Waals surface area contributed by atoms with E-state index in [1.54, 1.807) is 0 Å². The van der Waals surface area contributed by atoms with Crippen molar-refractivity contribution in [1.82, 2.24) is 15.1 Å². The van der Waals surface area contributed by atoms with E-state index in [9.17, 15) is 9.59 Å². The lowest BCUT2D eigenvalue weighted by atomic mass is 10.3. The molecular formula is C14H21N3O2S. The first-order valence-electron chi connectivity index (χ1n) is 6.95. The van der Waals surface area contributed by atoms with Crippen molar-refractivity contribution in [3.8, 4) is 0 Å². The molecule has 110 valence electrons. The van der Waals surface area contributed by atoms with Crippen LogP contribution in [0.4, 0.5) is 0 Å². The predicted octanol–water partition coefficient (Wildman–Crippen LogP) is 0.950. The minimum atomic E-state index is 0.0566. The van der Waals surface area contributed by atoms with Crippen LogP contribution < -0.4 is 5.32 Å². The molecule has 1 N–H and O–H groups in total. The Morgan fingerprint density at radius 1 is 1.25 bits per heavy atom. The van der Waals surface area contributed by atoms with Crippen molar-refractivity contribution >= 4 is 23.2 Å². The standard InChI is InChI=1S/C14H21N3O2S/c1-3-15-13(18)10-16-6-8-17(9-7-16)14(19)12-5-4-11(2)20-12/h4-5H,3,6-10H2,1-2H3,(H,15,18). The van der Waals surface area contributed by atoms with E-state index in [-0.39, 0.29) is 11.8 Å². The molecule has 0 unspecified atom stereocenters. The van der Waals surface area contributed by atoms with Crippen molar-refractivity contribution in [1.29, 1.82) is 0 Å². The van der Waals surface area contributed by atoms with E-state index in [1.165, 1.54) is 11.3 Å². The molecule has 0 radical (unpaired) electrons. The molecule has 0 spiro atoms. The summed E-state index contributed by atoms with van der Waals surface area (Å²) in [5.41, 5.74) is 0. The van der Waals surface area contributed by atoms with Gasteiger partial charge in [-0.3, -0.25) is 14.5 Å². The topological polar surface area (TPSA) is 52.7 Å². The minimum Gasteiger partial charge on any atom is -0.355 e. The van der Waals surface area contributed by atoms with E-state index in [2.05, 4.69) is 10.2 Å². The van der Waals surface area contributed by atoms with Crippen LogP contribution in [-0.2, 0) is 4.79 Å². The van der Waals surface area contributed by atoms with Crippen LogP contribution in [0.2, 0.25) is 0 Å². The van der Waals surface area contributed by atoms with Crippen molar-refractivity contribution in [3.63, 3.8) is 0 Å². The first kappa shape index (κ1) is 15.0. The van der Waals surface area contributed by atoms with E-state index in [0.29, 0.717) is 26.2 Å². The molecule has 5 nitrogen and oxygen atoms in total. The predicted molar refractivity (Wildman–Crippen MR) is 80.1 cm³/mol. The fraction of sp³-hybridized carbons (Fsp3) is 0.571. The number of piperazine rings is 1. The van der Waals surface area contributed by atoms with Gasteiger partial charge in [-0.05, 0) is 26.0 Å². The number of aryl methyl sites for hydroxylation is 1. The summed E-state index contributed by atoms with van der Waals surface area (Å²) in [6, 6.07) is 3.87. The quantitative estimate of drug-likeness (QED) is 0.900. The van der Waals surface area contributed by atoms with Gasteiger partial charge in [0.05, 0.1) is 11.4 Å². The second kappa shape index (κ2) is 6.85.